The van der Waals surface area contributed by atoms with Crippen LogP contribution in [0.25, 0.3) is 10.9 Å². The molecule has 1 aromatic heterocycles. The van der Waals surface area contributed by atoms with E-state index in [1.54, 1.807) is 0 Å². The molecule has 2 aliphatic rings. The first-order valence-electron chi connectivity index (χ1n) is 9.08. The fourth-order valence-corrected chi connectivity index (χ4v) is 3.72. The van der Waals surface area contributed by atoms with Crippen molar-refractivity contribution in [3.63, 3.8) is 0 Å². The first-order chi connectivity index (χ1) is 11.7. The normalized spacial score (nSPS) is 21.9. The van der Waals surface area contributed by atoms with Crippen LogP contribution in [0.2, 0.25) is 0 Å². The lowest BCUT2D eigenvalue weighted by Crippen LogP contribution is -2.36. The largest absolute Gasteiger partial charge is 0.379 e. The second-order valence-electron chi connectivity index (χ2n) is 7.45. The maximum Gasteiger partial charge on any atom is 0.222 e. The van der Waals surface area contributed by atoms with Crippen LogP contribution in [0.1, 0.15) is 24.8 Å². The molecule has 128 valence electrons. The van der Waals surface area contributed by atoms with Gasteiger partial charge < -0.3 is 14.2 Å². The predicted molar refractivity (Wildman–Crippen MR) is 94.9 cm³/mol. The molecule has 1 aromatic carbocycles. The van der Waals surface area contributed by atoms with Crippen molar-refractivity contribution in [2.75, 3.05) is 26.3 Å². The zero-order valence-electron chi connectivity index (χ0n) is 14.4. The summed E-state index contributed by atoms with van der Waals surface area (Å²) >= 11 is 0. The van der Waals surface area contributed by atoms with E-state index in [1.165, 1.54) is 29.3 Å². The van der Waals surface area contributed by atoms with Crippen LogP contribution in [-0.4, -0.2) is 41.7 Å². The highest BCUT2D eigenvalue weighted by molar-refractivity contribution is 5.80. The molecule has 1 aliphatic heterocycles. The van der Waals surface area contributed by atoms with Gasteiger partial charge in [-0.3, -0.25) is 4.79 Å². The van der Waals surface area contributed by atoms with Crippen molar-refractivity contribution in [2.24, 2.45) is 18.9 Å². The third-order valence-corrected chi connectivity index (χ3v) is 5.32. The van der Waals surface area contributed by atoms with E-state index in [4.69, 9.17) is 4.74 Å². The smallest absolute Gasteiger partial charge is 0.222 e. The Hall–Kier alpha value is -1.81. The number of amides is 1. The van der Waals surface area contributed by atoms with E-state index in [0.717, 1.165) is 32.5 Å². The summed E-state index contributed by atoms with van der Waals surface area (Å²) < 4.78 is 7.92. The van der Waals surface area contributed by atoms with Crippen molar-refractivity contribution in [1.82, 2.24) is 9.47 Å². The van der Waals surface area contributed by atoms with Gasteiger partial charge >= 0.3 is 0 Å². The van der Waals surface area contributed by atoms with Crippen molar-refractivity contribution >= 4 is 16.8 Å². The van der Waals surface area contributed by atoms with Crippen LogP contribution < -0.4 is 0 Å². The van der Waals surface area contributed by atoms with Gasteiger partial charge in [0.1, 0.15) is 0 Å². The standard InChI is InChI=1S/C20H26N2O2/c1-21-7-6-18-11-16(4-5-19(18)21)10-17-13-22(8-9-24-14-17)20(23)12-15-2-3-15/h4-7,11,15,17H,2-3,8-10,12-14H2,1H3/t17-/m1/s1. The molecule has 1 atom stereocenters. The van der Waals surface area contributed by atoms with Gasteiger partial charge in [-0.2, -0.15) is 0 Å². The van der Waals surface area contributed by atoms with Gasteiger partial charge in [0.2, 0.25) is 5.91 Å². The number of aromatic nitrogens is 1. The number of rotatable bonds is 4. The number of benzene rings is 1. The first kappa shape index (κ1) is 15.7. The lowest BCUT2D eigenvalue weighted by Gasteiger charge is -2.24. The molecule has 1 saturated heterocycles. The van der Waals surface area contributed by atoms with Gasteiger partial charge in [-0.05, 0) is 54.3 Å². The average molecular weight is 326 g/mol. The second-order valence-corrected chi connectivity index (χ2v) is 7.45. The molecule has 4 heteroatoms. The van der Waals surface area contributed by atoms with E-state index < -0.39 is 0 Å². The van der Waals surface area contributed by atoms with E-state index in [-0.39, 0.29) is 0 Å². The van der Waals surface area contributed by atoms with Gasteiger partial charge in [0, 0.05) is 44.2 Å². The number of fused-ring (bicyclic) bond motifs is 1. The zero-order valence-corrected chi connectivity index (χ0v) is 14.4. The SMILES string of the molecule is Cn1ccc2cc(C[C@H]3COCCN(C(=O)CC4CC4)C3)ccc21. The molecule has 1 amide bonds. The molecular formula is C20H26N2O2. The summed E-state index contributed by atoms with van der Waals surface area (Å²) in [5.74, 6) is 1.36. The molecule has 24 heavy (non-hydrogen) atoms. The van der Waals surface area contributed by atoms with Crippen molar-refractivity contribution in [1.29, 1.82) is 0 Å². The average Bonchev–Trinajstić information content (AvgIpc) is 3.35. The van der Waals surface area contributed by atoms with E-state index >= 15 is 0 Å². The molecule has 0 spiro atoms. The number of hydrogen-bond acceptors (Lipinski definition) is 2. The van der Waals surface area contributed by atoms with E-state index in [1.807, 2.05) is 4.90 Å². The fraction of sp³-hybridized carbons (Fsp3) is 0.550. The van der Waals surface area contributed by atoms with Gasteiger partial charge in [-0.1, -0.05) is 6.07 Å². The van der Waals surface area contributed by atoms with Gasteiger partial charge in [-0.25, -0.2) is 0 Å². The third kappa shape index (κ3) is 3.48. The van der Waals surface area contributed by atoms with Crippen molar-refractivity contribution in [2.45, 2.75) is 25.7 Å². The van der Waals surface area contributed by atoms with Gasteiger partial charge in [0.05, 0.1) is 13.2 Å². The van der Waals surface area contributed by atoms with Crippen LogP contribution in [0, 0.1) is 11.8 Å². The Morgan fingerprint density at radius 3 is 2.96 bits per heavy atom. The summed E-state index contributed by atoms with van der Waals surface area (Å²) in [6.07, 6.45) is 6.27. The van der Waals surface area contributed by atoms with Crippen molar-refractivity contribution in [3.8, 4) is 0 Å². The number of carbonyl (C=O) groups excluding carboxylic acids is 1. The maximum absolute atomic E-state index is 12.4. The maximum atomic E-state index is 12.4. The molecule has 1 saturated carbocycles. The molecular weight excluding hydrogens is 300 g/mol. The summed E-state index contributed by atoms with van der Waals surface area (Å²) in [6.45, 7) is 3.00. The molecule has 4 rings (SSSR count). The minimum Gasteiger partial charge on any atom is -0.379 e. The minimum absolute atomic E-state index is 0.325. The molecule has 0 bridgehead atoms. The highest BCUT2D eigenvalue weighted by Gasteiger charge is 2.29. The number of aryl methyl sites for hydroxylation is 1. The Morgan fingerprint density at radius 1 is 1.25 bits per heavy atom. The molecule has 1 aliphatic carbocycles. The van der Waals surface area contributed by atoms with E-state index in [0.29, 0.717) is 24.3 Å². The zero-order chi connectivity index (χ0) is 16.5. The van der Waals surface area contributed by atoms with Crippen molar-refractivity contribution < 1.29 is 9.53 Å². The van der Waals surface area contributed by atoms with Crippen LogP contribution in [0.3, 0.4) is 0 Å². The second kappa shape index (κ2) is 6.60. The highest BCUT2D eigenvalue weighted by atomic mass is 16.5. The number of hydrogen-bond donors (Lipinski definition) is 0. The first-order valence-corrected chi connectivity index (χ1v) is 9.08. The Bertz CT molecular complexity index is 732. The minimum atomic E-state index is 0.325. The number of carbonyl (C=O) groups is 1. The van der Waals surface area contributed by atoms with Crippen LogP contribution in [0.15, 0.2) is 30.5 Å². The molecule has 0 unspecified atom stereocenters. The molecule has 2 fully saturated rings. The number of ether oxygens (including phenoxy) is 1. The molecule has 4 nitrogen and oxygen atoms in total. The Balaban J connectivity index is 1.43. The summed E-state index contributed by atoms with van der Waals surface area (Å²) in [5, 5.41) is 1.28. The topological polar surface area (TPSA) is 34.5 Å². The Labute approximate surface area is 143 Å². The van der Waals surface area contributed by atoms with Crippen LogP contribution in [-0.2, 0) is 23.0 Å². The van der Waals surface area contributed by atoms with Crippen LogP contribution in [0.5, 0.6) is 0 Å². The summed E-state index contributed by atoms with van der Waals surface area (Å²) in [7, 11) is 2.07. The fourth-order valence-electron chi connectivity index (χ4n) is 3.72. The highest BCUT2D eigenvalue weighted by Crippen LogP contribution is 2.33. The molecule has 0 N–H and O–H groups in total. The van der Waals surface area contributed by atoms with Gasteiger partial charge in [-0.15, -0.1) is 0 Å². The third-order valence-electron chi connectivity index (χ3n) is 5.32. The lowest BCUT2D eigenvalue weighted by molar-refractivity contribution is -0.132. The monoisotopic (exact) mass is 326 g/mol. The lowest BCUT2D eigenvalue weighted by atomic mass is 9.98. The Kier molecular flexibility index (Phi) is 4.31. The quantitative estimate of drug-likeness (QED) is 0.866. The van der Waals surface area contributed by atoms with E-state index in [9.17, 15) is 4.79 Å². The summed E-state index contributed by atoms with van der Waals surface area (Å²) in [5.41, 5.74) is 2.59. The number of nitrogens with zero attached hydrogens (tertiary/aromatic N) is 2. The summed E-state index contributed by atoms with van der Waals surface area (Å²) in [4.78, 5) is 14.5. The summed E-state index contributed by atoms with van der Waals surface area (Å²) in [6, 6.07) is 8.84. The predicted octanol–water partition coefficient (Wildman–Crippen LogP) is 3.00. The molecule has 2 heterocycles. The molecule has 2 aromatic rings. The molecule has 0 radical (unpaired) electrons. The van der Waals surface area contributed by atoms with Gasteiger partial charge in [0.25, 0.3) is 0 Å². The van der Waals surface area contributed by atoms with Gasteiger partial charge in [0.15, 0.2) is 0 Å². The van der Waals surface area contributed by atoms with E-state index in [2.05, 4.69) is 42.1 Å². The van der Waals surface area contributed by atoms with Crippen molar-refractivity contribution in [3.05, 3.63) is 36.0 Å². The van der Waals surface area contributed by atoms with Crippen LogP contribution >= 0.6 is 0 Å². The van der Waals surface area contributed by atoms with Crippen LogP contribution in [0.4, 0.5) is 0 Å². The Morgan fingerprint density at radius 2 is 2.12 bits per heavy atom.